The van der Waals surface area contributed by atoms with Gasteiger partial charge in [-0.15, -0.1) is 0 Å². The van der Waals surface area contributed by atoms with E-state index < -0.39 is 0 Å². The molecule has 0 saturated carbocycles. The Balaban J connectivity index is 2.83. The number of nitrogens with one attached hydrogen (secondary N) is 1. The molecule has 1 aliphatic rings. The van der Waals surface area contributed by atoms with Crippen LogP contribution in [0.4, 0.5) is 0 Å². The van der Waals surface area contributed by atoms with Crippen molar-refractivity contribution in [1.82, 2.24) is 10.4 Å². The summed E-state index contributed by atoms with van der Waals surface area (Å²) in [4.78, 5) is 6.03. The summed E-state index contributed by atoms with van der Waals surface area (Å²) in [5, 5.41) is 5.99. The van der Waals surface area contributed by atoms with Gasteiger partial charge in [0.15, 0.2) is 0 Å². The monoisotopic (exact) mass is 270 g/mol. The fourth-order valence-corrected chi connectivity index (χ4v) is 2.92. The van der Waals surface area contributed by atoms with Crippen molar-refractivity contribution in [3.05, 3.63) is 0 Å². The van der Waals surface area contributed by atoms with Gasteiger partial charge in [0.25, 0.3) is 0 Å². The lowest BCUT2D eigenvalue weighted by Crippen LogP contribution is -2.69. The molecule has 0 amide bonds. The second kappa shape index (κ2) is 7.05. The molecule has 0 spiro atoms. The molecule has 3 heteroatoms. The average Bonchev–Trinajstić information content (AvgIpc) is 2.36. The maximum Gasteiger partial charge on any atom is 0.0978 e. The highest BCUT2D eigenvalue weighted by atomic mass is 16.7. The molecule has 1 saturated heterocycles. The lowest BCUT2D eigenvalue weighted by Gasteiger charge is -2.57. The second-order valence-electron chi connectivity index (χ2n) is 6.70. The lowest BCUT2D eigenvalue weighted by atomic mass is 9.66. The predicted molar refractivity (Wildman–Crippen MR) is 81.8 cm³/mol. The number of hydroxylamine groups is 2. The summed E-state index contributed by atoms with van der Waals surface area (Å²) >= 11 is 0. The Hall–Kier alpha value is -0.120. The van der Waals surface area contributed by atoms with E-state index in [-0.39, 0.29) is 11.1 Å². The predicted octanol–water partition coefficient (Wildman–Crippen LogP) is 3.80. The van der Waals surface area contributed by atoms with Crippen LogP contribution in [0.5, 0.6) is 0 Å². The molecule has 114 valence electrons. The van der Waals surface area contributed by atoms with E-state index in [1.807, 2.05) is 0 Å². The van der Waals surface area contributed by atoms with Crippen molar-refractivity contribution in [2.75, 3.05) is 19.7 Å². The van der Waals surface area contributed by atoms with Crippen LogP contribution in [-0.4, -0.2) is 30.4 Å². The Morgan fingerprint density at radius 3 is 2.47 bits per heavy atom. The van der Waals surface area contributed by atoms with Crippen LogP contribution in [0, 0.1) is 11.3 Å². The van der Waals surface area contributed by atoms with Gasteiger partial charge >= 0.3 is 0 Å². The summed E-state index contributed by atoms with van der Waals surface area (Å²) in [6.07, 6.45) is 4.73. The van der Waals surface area contributed by atoms with Crippen LogP contribution in [0.25, 0.3) is 0 Å². The molecule has 0 aliphatic carbocycles. The Kier molecular flexibility index (Phi) is 6.28. The highest BCUT2D eigenvalue weighted by molar-refractivity contribution is 5.00. The lowest BCUT2D eigenvalue weighted by molar-refractivity contribution is -0.284. The quantitative estimate of drug-likeness (QED) is 0.712. The van der Waals surface area contributed by atoms with Crippen molar-refractivity contribution in [1.29, 1.82) is 0 Å². The van der Waals surface area contributed by atoms with E-state index in [0.717, 1.165) is 26.1 Å². The van der Waals surface area contributed by atoms with Gasteiger partial charge in [-0.2, -0.15) is 5.06 Å². The Morgan fingerprint density at radius 1 is 1.21 bits per heavy atom. The standard InChI is InChI=1S/C16H34N2O/c1-7-9-11-17-16(6)15(4,5)14(3)10-12-18(16)19-13-8-2/h14,17H,7-13H2,1-6H3. The minimum atomic E-state index is -0.0744. The first-order chi connectivity index (χ1) is 8.90. The fraction of sp³-hybridized carbons (Fsp3) is 1.00. The van der Waals surface area contributed by atoms with Crippen molar-refractivity contribution in [3.8, 4) is 0 Å². The van der Waals surface area contributed by atoms with Gasteiger partial charge in [-0.25, -0.2) is 0 Å². The van der Waals surface area contributed by atoms with Gasteiger partial charge in [0.05, 0.1) is 12.3 Å². The molecular weight excluding hydrogens is 236 g/mol. The average molecular weight is 270 g/mol. The molecule has 19 heavy (non-hydrogen) atoms. The fourth-order valence-electron chi connectivity index (χ4n) is 2.92. The van der Waals surface area contributed by atoms with E-state index in [4.69, 9.17) is 4.84 Å². The third kappa shape index (κ3) is 3.50. The summed E-state index contributed by atoms with van der Waals surface area (Å²) in [6, 6.07) is 0. The normalized spacial score (nSPS) is 31.6. The summed E-state index contributed by atoms with van der Waals surface area (Å²) in [7, 11) is 0. The minimum absolute atomic E-state index is 0.0744. The number of nitrogens with zero attached hydrogens (tertiary/aromatic N) is 1. The van der Waals surface area contributed by atoms with Gasteiger partial charge in [-0.05, 0) is 38.6 Å². The van der Waals surface area contributed by atoms with Gasteiger partial charge in [0.1, 0.15) is 0 Å². The smallest absolute Gasteiger partial charge is 0.0978 e. The van der Waals surface area contributed by atoms with Crippen molar-refractivity contribution in [2.45, 2.75) is 72.9 Å². The maximum absolute atomic E-state index is 6.03. The van der Waals surface area contributed by atoms with E-state index in [1.54, 1.807) is 0 Å². The van der Waals surface area contributed by atoms with E-state index in [2.05, 4.69) is 51.9 Å². The molecule has 2 unspecified atom stereocenters. The number of rotatable bonds is 7. The minimum Gasteiger partial charge on any atom is -0.297 e. The van der Waals surface area contributed by atoms with Crippen LogP contribution in [0.15, 0.2) is 0 Å². The van der Waals surface area contributed by atoms with Gasteiger partial charge < -0.3 is 0 Å². The van der Waals surface area contributed by atoms with E-state index in [1.165, 1.54) is 19.3 Å². The molecule has 0 radical (unpaired) electrons. The number of hydrogen-bond acceptors (Lipinski definition) is 3. The third-order valence-corrected chi connectivity index (χ3v) is 5.20. The summed E-state index contributed by atoms with van der Waals surface area (Å²) in [5.74, 6) is 0.702. The number of piperidine rings is 1. The van der Waals surface area contributed by atoms with Gasteiger partial charge in [-0.3, -0.25) is 10.2 Å². The van der Waals surface area contributed by atoms with Crippen LogP contribution >= 0.6 is 0 Å². The number of hydrogen-bond donors (Lipinski definition) is 1. The molecule has 0 aromatic heterocycles. The largest absolute Gasteiger partial charge is 0.297 e. The topological polar surface area (TPSA) is 24.5 Å². The molecule has 2 atom stereocenters. The summed E-state index contributed by atoms with van der Waals surface area (Å²) in [5.41, 5.74) is 0.127. The molecule has 0 aromatic rings. The van der Waals surface area contributed by atoms with Crippen LogP contribution < -0.4 is 5.32 Å². The first kappa shape index (κ1) is 16.9. The first-order valence-electron chi connectivity index (χ1n) is 8.05. The molecule has 3 nitrogen and oxygen atoms in total. The Labute approximate surface area is 120 Å². The molecule has 0 aromatic carbocycles. The highest BCUT2D eigenvalue weighted by Crippen LogP contribution is 2.45. The third-order valence-electron chi connectivity index (χ3n) is 5.20. The van der Waals surface area contributed by atoms with E-state index in [9.17, 15) is 0 Å². The van der Waals surface area contributed by atoms with Gasteiger partial charge in [0.2, 0.25) is 0 Å². The van der Waals surface area contributed by atoms with Crippen LogP contribution in [0.1, 0.15) is 67.2 Å². The van der Waals surface area contributed by atoms with Crippen molar-refractivity contribution >= 4 is 0 Å². The van der Waals surface area contributed by atoms with E-state index >= 15 is 0 Å². The van der Waals surface area contributed by atoms with E-state index in [0.29, 0.717) is 5.92 Å². The summed E-state index contributed by atoms with van der Waals surface area (Å²) < 4.78 is 0. The molecule has 0 bridgehead atoms. The zero-order valence-electron chi connectivity index (χ0n) is 13.9. The molecule has 1 aliphatic heterocycles. The molecule has 1 N–H and O–H groups in total. The zero-order valence-corrected chi connectivity index (χ0v) is 13.9. The summed E-state index contributed by atoms with van der Waals surface area (Å²) in [6.45, 7) is 16.7. The maximum atomic E-state index is 6.03. The van der Waals surface area contributed by atoms with Gasteiger partial charge in [0, 0.05) is 12.0 Å². The van der Waals surface area contributed by atoms with Crippen LogP contribution in [-0.2, 0) is 4.84 Å². The van der Waals surface area contributed by atoms with Crippen molar-refractivity contribution in [2.24, 2.45) is 11.3 Å². The Morgan fingerprint density at radius 2 is 1.89 bits per heavy atom. The van der Waals surface area contributed by atoms with Crippen LogP contribution in [0.2, 0.25) is 0 Å². The molecule has 1 heterocycles. The Bertz CT molecular complexity index is 265. The van der Waals surface area contributed by atoms with Crippen molar-refractivity contribution < 1.29 is 4.84 Å². The van der Waals surface area contributed by atoms with Gasteiger partial charge in [-0.1, -0.05) is 41.0 Å². The number of unbranched alkanes of at least 4 members (excludes halogenated alkanes) is 1. The molecule has 1 fully saturated rings. The highest BCUT2D eigenvalue weighted by Gasteiger charge is 2.51. The molecular formula is C16H34N2O. The first-order valence-corrected chi connectivity index (χ1v) is 8.05. The van der Waals surface area contributed by atoms with Crippen LogP contribution in [0.3, 0.4) is 0 Å². The molecule has 1 rings (SSSR count). The second-order valence-corrected chi connectivity index (χ2v) is 6.70. The SMILES string of the molecule is CCCCNC1(C)N(OCCC)CCC(C)C1(C)C. The zero-order chi connectivity index (χ0) is 14.5. The van der Waals surface area contributed by atoms with Crippen molar-refractivity contribution in [3.63, 3.8) is 0 Å².